The van der Waals surface area contributed by atoms with E-state index in [1.165, 1.54) is 50.6 Å². The summed E-state index contributed by atoms with van der Waals surface area (Å²) < 4.78 is 9.23. The predicted molar refractivity (Wildman–Crippen MR) is 124 cm³/mol. The molecule has 36 heavy (non-hydrogen) atoms. The van der Waals surface area contributed by atoms with E-state index in [0.717, 1.165) is 0 Å². The Bertz CT molecular complexity index is 1150. The number of hydrogen-bond donors (Lipinski definition) is 4. The summed E-state index contributed by atoms with van der Waals surface area (Å²) >= 11 is 0. The average molecular weight is 502 g/mol. The van der Waals surface area contributed by atoms with Crippen LogP contribution >= 0.6 is 0 Å². The summed E-state index contributed by atoms with van der Waals surface area (Å²) in [5.74, 6) is -4.41. The first-order valence-electron chi connectivity index (χ1n) is 10.7. The van der Waals surface area contributed by atoms with Gasteiger partial charge in [-0.2, -0.15) is 0 Å². The molecule has 192 valence electrons. The quantitative estimate of drug-likeness (QED) is 0.179. The number of hydroxylamine groups is 1. The van der Waals surface area contributed by atoms with Gasteiger partial charge in [-0.3, -0.25) is 9.63 Å². The van der Waals surface area contributed by atoms with Crippen LogP contribution < -0.4 is 10.8 Å². The smallest absolute Gasteiger partial charge is 0.337 e. The maximum absolute atomic E-state index is 12.5. The van der Waals surface area contributed by atoms with Crippen LogP contribution in [-0.2, 0) is 20.9 Å². The zero-order valence-corrected chi connectivity index (χ0v) is 19.7. The molecule has 0 aliphatic heterocycles. The van der Waals surface area contributed by atoms with E-state index in [-0.39, 0.29) is 46.5 Å². The normalized spacial score (nSPS) is 10.4. The van der Waals surface area contributed by atoms with Crippen LogP contribution in [0.1, 0.15) is 70.2 Å². The maximum Gasteiger partial charge on any atom is 0.337 e. The van der Waals surface area contributed by atoms with Gasteiger partial charge >= 0.3 is 23.9 Å². The molecule has 12 heteroatoms. The summed E-state index contributed by atoms with van der Waals surface area (Å²) in [7, 11) is 2.40. The fraction of sp³-hybridized carbons (Fsp3) is 0.292. The van der Waals surface area contributed by atoms with Crippen LogP contribution in [0.4, 0.5) is 0 Å². The Morgan fingerprint density at radius 1 is 0.750 bits per heavy atom. The molecule has 0 spiro atoms. The number of esters is 2. The molecule has 0 atom stereocenters. The van der Waals surface area contributed by atoms with E-state index in [9.17, 15) is 34.2 Å². The molecule has 0 aromatic heterocycles. The zero-order valence-electron chi connectivity index (χ0n) is 19.7. The van der Waals surface area contributed by atoms with Crippen molar-refractivity contribution in [1.82, 2.24) is 10.8 Å². The highest BCUT2D eigenvalue weighted by molar-refractivity contribution is 6.06. The van der Waals surface area contributed by atoms with Crippen molar-refractivity contribution in [3.63, 3.8) is 0 Å². The summed E-state index contributed by atoms with van der Waals surface area (Å²) in [5, 5.41) is 21.2. The summed E-state index contributed by atoms with van der Waals surface area (Å²) in [4.78, 5) is 63.9. The SMILES string of the molecule is COC(=O)c1ccc(C(=O)O)c(CONCCCCNC(=O)c2cc(C(=O)OC)ccc2C(=O)O)c1. The van der Waals surface area contributed by atoms with Gasteiger partial charge in [0, 0.05) is 13.1 Å². The van der Waals surface area contributed by atoms with Gasteiger partial charge in [-0.1, -0.05) is 0 Å². The molecule has 2 aromatic rings. The van der Waals surface area contributed by atoms with E-state index in [0.29, 0.717) is 19.4 Å². The zero-order chi connectivity index (χ0) is 26.7. The highest BCUT2D eigenvalue weighted by atomic mass is 16.6. The molecule has 0 radical (unpaired) electrons. The molecule has 2 aromatic carbocycles. The number of ether oxygens (including phenoxy) is 2. The van der Waals surface area contributed by atoms with Gasteiger partial charge in [0.2, 0.25) is 0 Å². The number of hydrogen-bond acceptors (Lipinski definition) is 9. The number of carbonyl (C=O) groups is 5. The molecule has 0 saturated heterocycles. The third kappa shape index (κ3) is 7.61. The van der Waals surface area contributed by atoms with Crippen LogP contribution in [-0.4, -0.2) is 67.3 Å². The number of aromatic carboxylic acids is 2. The van der Waals surface area contributed by atoms with E-state index >= 15 is 0 Å². The summed E-state index contributed by atoms with van der Waals surface area (Å²) in [5.41, 5.74) is 2.80. The first-order valence-corrected chi connectivity index (χ1v) is 10.7. The molecule has 0 aliphatic carbocycles. The number of benzene rings is 2. The van der Waals surface area contributed by atoms with Gasteiger partial charge in [-0.25, -0.2) is 24.7 Å². The summed E-state index contributed by atoms with van der Waals surface area (Å²) in [6, 6.07) is 7.64. The third-order valence-electron chi connectivity index (χ3n) is 4.99. The van der Waals surface area contributed by atoms with Gasteiger partial charge in [-0.15, -0.1) is 0 Å². The molecule has 0 fully saturated rings. The Labute approximate surface area is 206 Å². The number of amides is 1. The number of methoxy groups -OCH3 is 2. The molecule has 4 N–H and O–H groups in total. The van der Waals surface area contributed by atoms with Crippen LogP contribution in [0, 0.1) is 0 Å². The number of nitrogens with one attached hydrogen (secondary N) is 2. The highest BCUT2D eigenvalue weighted by Gasteiger charge is 2.19. The molecular formula is C24H26N2O10. The molecule has 0 aliphatic rings. The van der Waals surface area contributed by atoms with Crippen LogP contribution in [0.5, 0.6) is 0 Å². The third-order valence-corrected chi connectivity index (χ3v) is 4.99. The van der Waals surface area contributed by atoms with E-state index in [2.05, 4.69) is 20.3 Å². The van der Waals surface area contributed by atoms with E-state index in [1.807, 2.05) is 0 Å². The van der Waals surface area contributed by atoms with Crippen LogP contribution in [0.2, 0.25) is 0 Å². The largest absolute Gasteiger partial charge is 0.478 e. The Kier molecular flexibility index (Phi) is 10.5. The van der Waals surface area contributed by atoms with Gasteiger partial charge in [0.15, 0.2) is 0 Å². The fourth-order valence-corrected chi connectivity index (χ4v) is 3.15. The minimum atomic E-state index is -1.30. The Morgan fingerprint density at radius 3 is 1.89 bits per heavy atom. The molecular weight excluding hydrogens is 476 g/mol. The highest BCUT2D eigenvalue weighted by Crippen LogP contribution is 2.15. The minimum Gasteiger partial charge on any atom is -0.478 e. The molecule has 1 amide bonds. The molecule has 0 unspecified atom stereocenters. The molecule has 0 bridgehead atoms. The summed E-state index contributed by atoms with van der Waals surface area (Å²) in [6.45, 7) is 0.483. The fourth-order valence-electron chi connectivity index (χ4n) is 3.15. The van der Waals surface area contributed by atoms with E-state index in [4.69, 9.17) is 4.84 Å². The van der Waals surface area contributed by atoms with Crippen molar-refractivity contribution in [2.24, 2.45) is 0 Å². The van der Waals surface area contributed by atoms with Gasteiger partial charge < -0.3 is 25.0 Å². The van der Waals surface area contributed by atoms with Crippen LogP contribution in [0.25, 0.3) is 0 Å². The standard InChI is InChI=1S/C24H26N2O10/c1-34-23(32)14-5-7-17(21(28)29)16(11-14)13-36-26-10-4-3-9-25-20(27)19-12-15(24(33)35-2)6-8-18(19)22(30)31/h5-8,11-12,26H,3-4,9-10,13H2,1-2H3,(H,25,27)(H,28,29)(H,30,31). The lowest BCUT2D eigenvalue weighted by Crippen LogP contribution is -2.27. The second-order valence-electron chi connectivity index (χ2n) is 7.37. The van der Waals surface area contributed by atoms with Crippen molar-refractivity contribution in [2.45, 2.75) is 19.4 Å². The Hall–Kier alpha value is -4.29. The average Bonchev–Trinajstić information content (AvgIpc) is 2.88. The van der Waals surface area contributed by atoms with Crippen molar-refractivity contribution in [3.8, 4) is 0 Å². The molecule has 0 saturated carbocycles. The van der Waals surface area contributed by atoms with Crippen LogP contribution in [0.15, 0.2) is 36.4 Å². The molecule has 2 rings (SSSR count). The van der Waals surface area contributed by atoms with Crippen LogP contribution in [0.3, 0.4) is 0 Å². The predicted octanol–water partition coefficient (Wildman–Crippen LogP) is 1.89. The van der Waals surface area contributed by atoms with Gasteiger partial charge in [0.05, 0.1) is 48.6 Å². The van der Waals surface area contributed by atoms with Crippen molar-refractivity contribution < 1.29 is 48.5 Å². The lowest BCUT2D eigenvalue weighted by molar-refractivity contribution is 0.0263. The number of rotatable bonds is 13. The first kappa shape index (κ1) is 28.0. The molecule has 12 nitrogen and oxygen atoms in total. The van der Waals surface area contributed by atoms with Crippen molar-refractivity contribution in [2.75, 3.05) is 27.3 Å². The Morgan fingerprint density at radius 2 is 1.31 bits per heavy atom. The van der Waals surface area contributed by atoms with Crippen molar-refractivity contribution in [1.29, 1.82) is 0 Å². The number of carboxylic acids is 2. The monoisotopic (exact) mass is 502 g/mol. The van der Waals surface area contributed by atoms with Crippen molar-refractivity contribution >= 4 is 29.8 Å². The number of unbranched alkanes of at least 4 members (excludes halogenated alkanes) is 1. The van der Waals surface area contributed by atoms with Gasteiger partial charge in [0.1, 0.15) is 0 Å². The first-order chi connectivity index (χ1) is 17.2. The van der Waals surface area contributed by atoms with Gasteiger partial charge in [0.25, 0.3) is 5.91 Å². The number of carboxylic acid groups (broad SMARTS) is 2. The second-order valence-corrected chi connectivity index (χ2v) is 7.37. The summed E-state index contributed by atoms with van der Waals surface area (Å²) in [6.07, 6.45) is 1.07. The lowest BCUT2D eigenvalue weighted by Gasteiger charge is -2.11. The molecule has 0 heterocycles. The van der Waals surface area contributed by atoms with Gasteiger partial charge in [-0.05, 0) is 54.8 Å². The van der Waals surface area contributed by atoms with Crippen molar-refractivity contribution in [3.05, 3.63) is 69.8 Å². The topological polar surface area (TPSA) is 178 Å². The van der Waals surface area contributed by atoms with E-state index in [1.54, 1.807) is 0 Å². The maximum atomic E-state index is 12.5. The minimum absolute atomic E-state index is 0.0100. The van der Waals surface area contributed by atoms with E-state index < -0.39 is 29.8 Å². The lowest BCUT2D eigenvalue weighted by atomic mass is 10.0. The second kappa shape index (κ2) is 13.6. The number of carbonyl (C=O) groups excluding carboxylic acids is 3. The Balaban J connectivity index is 1.81.